The van der Waals surface area contributed by atoms with E-state index in [1.165, 1.54) is 0 Å². The molecule has 76 valence electrons. The van der Waals surface area contributed by atoms with Crippen molar-refractivity contribution < 1.29 is 14.3 Å². The molecule has 2 bridgehead atoms. The van der Waals surface area contributed by atoms with Gasteiger partial charge in [0.25, 0.3) is 0 Å². The van der Waals surface area contributed by atoms with Crippen LogP contribution in [0.25, 0.3) is 0 Å². The third-order valence-corrected chi connectivity index (χ3v) is 3.12. The van der Waals surface area contributed by atoms with Crippen molar-refractivity contribution in [2.24, 2.45) is 11.8 Å². The fourth-order valence-electron chi connectivity index (χ4n) is 2.12. The van der Waals surface area contributed by atoms with Crippen molar-refractivity contribution >= 4 is 23.2 Å². The van der Waals surface area contributed by atoms with Crippen LogP contribution in [0.5, 0.6) is 0 Å². The summed E-state index contributed by atoms with van der Waals surface area (Å²) < 4.78 is 5.41. The molecule has 0 saturated heterocycles. The fourth-order valence-corrected chi connectivity index (χ4v) is 2.51. The van der Waals surface area contributed by atoms with Crippen LogP contribution in [-0.2, 0) is 14.3 Å². The third-order valence-electron chi connectivity index (χ3n) is 2.76. The molecular weight excluding hydrogens is 204 g/mol. The summed E-state index contributed by atoms with van der Waals surface area (Å²) in [5, 5.41) is 0.476. The normalized spacial score (nSPS) is 36.1. The average molecular weight is 215 g/mol. The van der Waals surface area contributed by atoms with Gasteiger partial charge in [0.15, 0.2) is 0 Å². The molecule has 1 saturated carbocycles. The minimum absolute atomic E-state index is 0.201. The van der Waals surface area contributed by atoms with Crippen LogP contribution in [0.1, 0.15) is 13.3 Å². The SMILES string of the molecule is CCOC1CC2C=C(Cl)C1C(=O)C2=O. The lowest BCUT2D eigenvalue weighted by Crippen LogP contribution is -2.48. The Hall–Kier alpha value is -0.670. The van der Waals surface area contributed by atoms with Gasteiger partial charge in [0.05, 0.1) is 12.0 Å². The van der Waals surface area contributed by atoms with E-state index in [2.05, 4.69) is 0 Å². The molecular formula is C10H11ClO3. The van der Waals surface area contributed by atoms with Gasteiger partial charge in [-0.2, -0.15) is 0 Å². The molecule has 3 unspecified atom stereocenters. The molecule has 0 aromatic heterocycles. The van der Waals surface area contributed by atoms with Gasteiger partial charge in [-0.05, 0) is 13.3 Å². The van der Waals surface area contributed by atoms with Crippen LogP contribution in [0.2, 0.25) is 0 Å². The number of hydrogen-bond acceptors (Lipinski definition) is 3. The molecule has 1 fully saturated rings. The summed E-state index contributed by atoms with van der Waals surface area (Å²) in [6.07, 6.45) is 2.08. The third kappa shape index (κ3) is 1.31. The Balaban J connectivity index is 2.30. The molecule has 3 aliphatic rings. The largest absolute Gasteiger partial charge is 0.377 e. The summed E-state index contributed by atoms with van der Waals surface area (Å²) in [4.78, 5) is 22.9. The highest BCUT2D eigenvalue weighted by molar-refractivity contribution is 6.45. The van der Waals surface area contributed by atoms with E-state index in [-0.39, 0.29) is 23.6 Å². The van der Waals surface area contributed by atoms with Gasteiger partial charge in [-0.3, -0.25) is 9.59 Å². The number of hydrogen-bond donors (Lipinski definition) is 0. The Morgan fingerprint density at radius 2 is 2.21 bits per heavy atom. The molecule has 3 aliphatic carbocycles. The van der Waals surface area contributed by atoms with Crippen molar-refractivity contribution in [3.8, 4) is 0 Å². The second-order valence-electron chi connectivity index (χ2n) is 3.59. The van der Waals surface area contributed by atoms with Crippen molar-refractivity contribution in [1.82, 2.24) is 0 Å². The first-order valence-electron chi connectivity index (χ1n) is 4.72. The smallest absolute Gasteiger partial charge is 0.209 e. The molecule has 4 heteroatoms. The summed E-state index contributed by atoms with van der Waals surface area (Å²) in [5.74, 6) is -1.58. The number of Topliss-reactive ketones (excluding diaryl/α,β-unsaturated/α-hetero) is 2. The molecule has 3 atom stereocenters. The maximum Gasteiger partial charge on any atom is 0.209 e. The first-order chi connectivity index (χ1) is 6.65. The summed E-state index contributed by atoms with van der Waals surface area (Å²) in [5.41, 5.74) is 0. The number of ketones is 2. The predicted octanol–water partition coefficient (Wildman–Crippen LogP) is 1.30. The quantitative estimate of drug-likeness (QED) is 0.651. The molecule has 3 nitrogen and oxygen atoms in total. The number of allylic oxidation sites excluding steroid dienone is 1. The molecule has 14 heavy (non-hydrogen) atoms. The van der Waals surface area contributed by atoms with Crippen LogP contribution in [0.4, 0.5) is 0 Å². The zero-order valence-electron chi connectivity index (χ0n) is 7.83. The fraction of sp³-hybridized carbons (Fsp3) is 0.600. The maximum absolute atomic E-state index is 11.5. The van der Waals surface area contributed by atoms with E-state index in [9.17, 15) is 9.59 Å². The first kappa shape index (κ1) is 9.87. The molecule has 0 amide bonds. The van der Waals surface area contributed by atoms with Crippen molar-refractivity contribution in [1.29, 1.82) is 0 Å². The number of rotatable bonds is 2. The summed E-state index contributed by atoms with van der Waals surface area (Å²) in [6, 6.07) is 0. The molecule has 0 N–H and O–H groups in total. The zero-order valence-corrected chi connectivity index (χ0v) is 8.58. The average Bonchev–Trinajstić information content (AvgIpc) is 2.13. The summed E-state index contributed by atoms with van der Waals surface area (Å²) >= 11 is 5.91. The van der Waals surface area contributed by atoms with E-state index in [1.807, 2.05) is 6.92 Å². The molecule has 0 heterocycles. The molecule has 0 spiro atoms. The second-order valence-corrected chi connectivity index (χ2v) is 4.03. The summed E-state index contributed by atoms with van der Waals surface area (Å²) in [6.45, 7) is 2.41. The highest BCUT2D eigenvalue weighted by Gasteiger charge is 2.48. The zero-order chi connectivity index (χ0) is 10.3. The van der Waals surface area contributed by atoms with Crippen LogP contribution in [0.15, 0.2) is 11.1 Å². The highest BCUT2D eigenvalue weighted by atomic mass is 35.5. The minimum Gasteiger partial charge on any atom is -0.377 e. The monoisotopic (exact) mass is 214 g/mol. The lowest BCUT2D eigenvalue weighted by molar-refractivity contribution is -0.148. The van der Waals surface area contributed by atoms with E-state index in [4.69, 9.17) is 16.3 Å². The van der Waals surface area contributed by atoms with Crippen molar-refractivity contribution in [3.63, 3.8) is 0 Å². The van der Waals surface area contributed by atoms with E-state index in [1.54, 1.807) is 6.08 Å². The van der Waals surface area contributed by atoms with E-state index in [0.717, 1.165) is 0 Å². The highest BCUT2D eigenvalue weighted by Crippen LogP contribution is 2.39. The molecule has 0 aromatic rings. The number of carbonyl (C=O) groups excluding carboxylic acids is 2. The van der Waals surface area contributed by atoms with E-state index in [0.29, 0.717) is 18.1 Å². The summed E-state index contributed by atoms with van der Waals surface area (Å²) in [7, 11) is 0. The van der Waals surface area contributed by atoms with Gasteiger partial charge in [0.2, 0.25) is 11.6 Å². The standard InChI is InChI=1S/C10H11ClO3/c1-2-14-7-4-5-3-6(11)8(7)10(13)9(5)12/h3,5,7-8H,2,4H2,1H3. The molecule has 0 radical (unpaired) electrons. The number of halogens is 1. The van der Waals surface area contributed by atoms with Crippen LogP contribution < -0.4 is 0 Å². The van der Waals surface area contributed by atoms with Gasteiger partial charge in [0, 0.05) is 17.6 Å². The van der Waals surface area contributed by atoms with E-state index < -0.39 is 5.92 Å². The molecule has 0 aliphatic heterocycles. The van der Waals surface area contributed by atoms with Gasteiger partial charge < -0.3 is 4.74 Å². The maximum atomic E-state index is 11.5. The number of ether oxygens (including phenoxy) is 1. The van der Waals surface area contributed by atoms with Gasteiger partial charge in [-0.1, -0.05) is 17.7 Å². The Kier molecular flexibility index (Phi) is 2.45. The number of fused-ring (bicyclic) bond motifs is 2. The van der Waals surface area contributed by atoms with Crippen molar-refractivity contribution in [3.05, 3.63) is 11.1 Å². The molecule has 3 rings (SSSR count). The van der Waals surface area contributed by atoms with Crippen LogP contribution in [0.3, 0.4) is 0 Å². The Morgan fingerprint density at radius 3 is 2.79 bits per heavy atom. The van der Waals surface area contributed by atoms with Crippen LogP contribution in [-0.4, -0.2) is 24.3 Å². The van der Waals surface area contributed by atoms with Gasteiger partial charge in [-0.25, -0.2) is 0 Å². The number of carbonyl (C=O) groups is 2. The van der Waals surface area contributed by atoms with Gasteiger partial charge in [0.1, 0.15) is 0 Å². The molecule has 0 aromatic carbocycles. The van der Waals surface area contributed by atoms with Crippen LogP contribution in [0, 0.1) is 11.8 Å². The Labute approximate surface area is 87.1 Å². The van der Waals surface area contributed by atoms with Crippen molar-refractivity contribution in [2.75, 3.05) is 6.61 Å². The Morgan fingerprint density at radius 1 is 1.50 bits per heavy atom. The lowest BCUT2D eigenvalue weighted by Gasteiger charge is -2.37. The topological polar surface area (TPSA) is 43.4 Å². The first-order valence-corrected chi connectivity index (χ1v) is 5.09. The minimum atomic E-state index is -0.533. The second kappa shape index (κ2) is 3.48. The van der Waals surface area contributed by atoms with Gasteiger partial charge >= 0.3 is 0 Å². The predicted molar refractivity (Wildman–Crippen MR) is 51.0 cm³/mol. The van der Waals surface area contributed by atoms with Gasteiger partial charge in [-0.15, -0.1) is 0 Å². The van der Waals surface area contributed by atoms with Crippen molar-refractivity contribution in [2.45, 2.75) is 19.4 Å². The van der Waals surface area contributed by atoms with Crippen LogP contribution >= 0.6 is 11.6 Å². The van der Waals surface area contributed by atoms with E-state index >= 15 is 0 Å². The lowest BCUT2D eigenvalue weighted by atomic mass is 9.72. The Bertz CT molecular complexity index is 321.